The van der Waals surface area contributed by atoms with Crippen LogP contribution in [0.5, 0.6) is 5.75 Å². The van der Waals surface area contributed by atoms with Gasteiger partial charge in [0.1, 0.15) is 5.75 Å². The maximum Gasteiger partial charge on any atom is 0.118 e. The average Bonchev–Trinajstić information content (AvgIpc) is 2.68. The van der Waals surface area contributed by atoms with Crippen LogP contribution < -0.4 is 4.74 Å². The van der Waals surface area contributed by atoms with Crippen molar-refractivity contribution in [1.29, 1.82) is 0 Å². The molecule has 0 N–H and O–H groups in total. The molecule has 3 rings (SSSR count). The fraction of sp³-hybridized carbons (Fsp3) is 0.200. The van der Waals surface area contributed by atoms with Crippen molar-refractivity contribution in [2.75, 3.05) is 7.11 Å². The molecule has 0 heterocycles. The highest BCUT2D eigenvalue weighted by molar-refractivity contribution is 5.79. The molecule has 0 unspecified atom stereocenters. The summed E-state index contributed by atoms with van der Waals surface area (Å²) in [5.41, 5.74) is 7.75. The first-order valence-corrected chi connectivity index (χ1v) is 9.13. The molecular weight excluding hydrogens is 316 g/mol. The summed E-state index contributed by atoms with van der Waals surface area (Å²) in [6.45, 7) is 4.26. The second-order valence-electron chi connectivity index (χ2n) is 6.74. The van der Waals surface area contributed by atoms with E-state index in [-0.39, 0.29) is 0 Å². The van der Waals surface area contributed by atoms with Crippen molar-refractivity contribution >= 4 is 5.57 Å². The van der Waals surface area contributed by atoms with E-state index in [1.807, 2.05) is 12.1 Å². The lowest BCUT2D eigenvalue weighted by molar-refractivity contribution is 0.414. The number of allylic oxidation sites excluding steroid dienone is 1. The fourth-order valence-electron chi connectivity index (χ4n) is 3.04. The fourth-order valence-corrected chi connectivity index (χ4v) is 3.04. The molecule has 0 saturated heterocycles. The van der Waals surface area contributed by atoms with Gasteiger partial charge in [-0.15, -0.1) is 0 Å². The van der Waals surface area contributed by atoms with Crippen LogP contribution in [0.3, 0.4) is 0 Å². The average molecular weight is 342 g/mol. The summed E-state index contributed by atoms with van der Waals surface area (Å²) in [4.78, 5) is 0. The molecule has 132 valence electrons. The molecule has 0 amide bonds. The third-order valence-corrected chi connectivity index (χ3v) is 4.67. The summed E-state index contributed by atoms with van der Waals surface area (Å²) in [6, 6.07) is 25.9. The second-order valence-corrected chi connectivity index (χ2v) is 6.74. The summed E-state index contributed by atoms with van der Waals surface area (Å²) in [5, 5.41) is 0. The van der Waals surface area contributed by atoms with Crippen molar-refractivity contribution in [3.8, 4) is 5.75 Å². The third-order valence-electron chi connectivity index (χ3n) is 4.67. The molecule has 0 radical (unpaired) electrons. The Morgan fingerprint density at radius 2 is 1.23 bits per heavy atom. The molecule has 1 heteroatoms. The zero-order chi connectivity index (χ0) is 18.4. The normalized spacial score (nSPS) is 10.4. The molecule has 3 aromatic rings. The van der Waals surface area contributed by atoms with E-state index in [2.05, 4.69) is 80.6 Å². The first-order valence-electron chi connectivity index (χ1n) is 9.13. The van der Waals surface area contributed by atoms with Crippen LogP contribution in [0.1, 0.15) is 34.2 Å². The molecule has 0 spiro atoms. The van der Waals surface area contributed by atoms with Gasteiger partial charge < -0.3 is 4.74 Å². The number of hydrogen-bond donors (Lipinski definition) is 0. The Morgan fingerprint density at radius 3 is 1.69 bits per heavy atom. The Morgan fingerprint density at radius 1 is 0.731 bits per heavy atom. The van der Waals surface area contributed by atoms with Gasteiger partial charge in [0.25, 0.3) is 0 Å². The maximum absolute atomic E-state index is 5.23. The van der Waals surface area contributed by atoms with Gasteiger partial charge in [0.05, 0.1) is 7.11 Å². The van der Waals surface area contributed by atoms with Crippen LogP contribution in [0.2, 0.25) is 0 Å². The van der Waals surface area contributed by atoms with Crippen LogP contribution >= 0.6 is 0 Å². The standard InChI is InChI=1S/C25H26O/c1-19-7-13-22(14-8-19)25(23-15-9-20(2)10-16-23)6-4-5-21-11-17-24(26-3)18-12-21/h6-18H,4-5H2,1-3H3. The van der Waals surface area contributed by atoms with Crippen molar-refractivity contribution in [2.24, 2.45) is 0 Å². The first-order chi connectivity index (χ1) is 12.7. The van der Waals surface area contributed by atoms with Gasteiger partial charge in [-0.25, -0.2) is 0 Å². The van der Waals surface area contributed by atoms with Crippen LogP contribution in [0, 0.1) is 13.8 Å². The highest BCUT2D eigenvalue weighted by Crippen LogP contribution is 2.25. The number of hydrogen-bond acceptors (Lipinski definition) is 1. The smallest absolute Gasteiger partial charge is 0.118 e. The van der Waals surface area contributed by atoms with E-state index < -0.39 is 0 Å². The summed E-state index contributed by atoms with van der Waals surface area (Å²) in [5.74, 6) is 0.907. The molecule has 1 nitrogen and oxygen atoms in total. The highest BCUT2D eigenvalue weighted by atomic mass is 16.5. The zero-order valence-electron chi connectivity index (χ0n) is 15.8. The van der Waals surface area contributed by atoms with Crippen molar-refractivity contribution < 1.29 is 4.74 Å². The van der Waals surface area contributed by atoms with E-state index in [0.717, 1.165) is 18.6 Å². The van der Waals surface area contributed by atoms with Gasteiger partial charge in [0.15, 0.2) is 0 Å². The molecule has 0 aliphatic carbocycles. The predicted molar refractivity (Wildman–Crippen MR) is 111 cm³/mol. The molecule has 0 atom stereocenters. The minimum Gasteiger partial charge on any atom is -0.497 e. The molecule has 0 aliphatic rings. The zero-order valence-corrected chi connectivity index (χ0v) is 15.8. The van der Waals surface area contributed by atoms with E-state index in [1.54, 1.807) is 7.11 Å². The molecule has 0 bridgehead atoms. The number of aryl methyl sites for hydroxylation is 3. The summed E-state index contributed by atoms with van der Waals surface area (Å²) in [7, 11) is 1.70. The van der Waals surface area contributed by atoms with E-state index in [1.165, 1.54) is 33.4 Å². The van der Waals surface area contributed by atoms with Gasteiger partial charge in [-0.1, -0.05) is 77.9 Å². The lowest BCUT2D eigenvalue weighted by Gasteiger charge is -2.10. The number of ether oxygens (including phenoxy) is 1. The molecule has 0 fully saturated rings. The van der Waals surface area contributed by atoms with Gasteiger partial charge in [0, 0.05) is 0 Å². The lowest BCUT2D eigenvalue weighted by atomic mass is 9.94. The predicted octanol–water partition coefficient (Wildman–Crippen LogP) is 6.38. The Balaban J connectivity index is 1.83. The topological polar surface area (TPSA) is 9.23 Å². The summed E-state index contributed by atoms with van der Waals surface area (Å²) >= 11 is 0. The lowest BCUT2D eigenvalue weighted by Crippen LogP contribution is -1.91. The van der Waals surface area contributed by atoms with Crippen molar-refractivity contribution in [2.45, 2.75) is 26.7 Å². The number of benzene rings is 3. The second kappa shape index (κ2) is 8.53. The van der Waals surface area contributed by atoms with E-state index in [9.17, 15) is 0 Å². The van der Waals surface area contributed by atoms with Crippen LogP contribution in [0.25, 0.3) is 5.57 Å². The minimum atomic E-state index is 0.907. The monoisotopic (exact) mass is 342 g/mol. The maximum atomic E-state index is 5.23. The summed E-state index contributed by atoms with van der Waals surface area (Å²) < 4.78 is 5.23. The largest absolute Gasteiger partial charge is 0.497 e. The molecule has 26 heavy (non-hydrogen) atoms. The van der Waals surface area contributed by atoms with Gasteiger partial charge in [0.2, 0.25) is 0 Å². The van der Waals surface area contributed by atoms with Crippen LogP contribution in [-0.2, 0) is 6.42 Å². The minimum absolute atomic E-state index is 0.907. The molecule has 0 aliphatic heterocycles. The SMILES string of the molecule is COc1ccc(CCC=C(c2ccc(C)cc2)c2ccc(C)cc2)cc1. The molecule has 0 saturated carbocycles. The van der Waals surface area contributed by atoms with E-state index in [0.29, 0.717) is 0 Å². The Labute approximate surface area is 157 Å². The van der Waals surface area contributed by atoms with Crippen LogP contribution in [0.15, 0.2) is 78.9 Å². The van der Waals surface area contributed by atoms with Crippen molar-refractivity contribution in [1.82, 2.24) is 0 Å². The van der Waals surface area contributed by atoms with Crippen molar-refractivity contribution in [3.63, 3.8) is 0 Å². The van der Waals surface area contributed by atoms with Gasteiger partial charge in [-0.2, -0.15) is 0 Å². The van der Waals surface area contributed by atoms with Crippen LogP contribution in [-0.4, -0.2) is 7.11 Å². The Bertz CT molecular complexity index is 806. The van der Waals surface area contributed by atoms with Gasteiger partial charge in [-0.3, -0.25) is 0 Å². The van der Waals surface area contributed by atoms with Gasteiger partial charge >= 0.3 is 0 Å². The Hall–Kier alpha value is -2.80. The van der Waals surface area contributed by atoms with E-state index >= 15 is 0 Å². The summed E-state index contributed by atoms with van der Waals surface area (Å²) in [6.07, 6.45) is 4.38. The highest BCUT2D eigenvalue weighted by Gasteiger charge is 2.05. The molecular formula is C25H26O. The third kappa shape index (κ3) is 4.64. The molecule has 0 aromatic heterocycles. The van der Waals surface area contributed by atoms with Gasteiger partial charge in [-0.05, 0) is 61.1 Å². The van der Waals surface area contributed by atoms with Crippen LogP contribution in [0.4, 0.5) is 0 Å². The van der Waals surface area contributed by atoms with Crippen molar-refractivity contribution in [3.05, 3.63) is 107 Å². The number of rotatable bonds is 6. The van der Waals surface area contributed by atoms with E-state index in [4.69, 9.17) is 4.74 Å². The quantitative estimate of drug-likeness (QED) is 0.505. The number of methoxy groups -OCH3 is 1. The Kier molecular flexibility index (Phi) is 5.91. The first kappa shape index (κ1) is 18.0. The molecule has 3 aromatic carbocycles.